The Bertz CT molecular complexity index is 1080. The van der Waals surface area contributed by atoms with Crippen LogP contribution in [0.25, 0.3) is 0 Å². The fraction of sp³-hybridized carbons (Fsp3) is 0.806. The molecule has 11 nitrogen and oxygen atoms in total. The maximum atomic E-state index is 14.1. The Morgan fingerprint density at radius 2 is 1.60 bits per heavy atom. The van der Waals surface area contributed by atoms with Gasteiger partial charge in [-0.2, -0.15) is 0 Å². The van der Waals surface area contributed by atoms with Crippen LogP contribution in [-0.2, 0) is 19.2 Å². The Labute approximate surface area is 284 Å². The largest absolute Gasteiger partial charge is 0.346 e. The number of unbranched alkanes of at least 4 members (excludes halogenated alkanes) is 1. The quantitative estimate of drug-likeness (QED) is 0.127. The SMILES string of the molecule is C=CCNC(=O)C(=O)C(CCCC)NC(=O)C1CCCN1C(=O)C(NC(=O)NC(CN(C)CCC(C)(C)CC)C(C)(C)C)C(C)(C)C. The van der Waals surface area contributed by atoms with Gasteiger partial charge in [-0.3, -0.25) is 19.2 Å². The van der Waals surface area contributed by atoms with Crippen LogP contribution in [0.3, 0.4) is 0 Å². The maximum absolute atomic E-state index is 14.1. The molecule has 11 heteroatoms. The summed E-state index contributed by atoms with van der Waals surface area (Å²) in [5.41, 5.74) is -0.646. The number of carbonyl (C=O) groups excluding carboxylic acids is 5. The highest BCUT2D eigenvalue weighted by molar-refractivity contribution is 6.38. The lowest BCUT2D eigenvalue weighted by atomic mass is 9.84. The molecule has 1 heterocycles. The maximum Gasteiger partial charge on any atom is 0.315 e. The number of likely N-dealkylation sites (N-methyl/N-ethyl adjacent to an activating group) is 1. The number of hydrogen-bond acceptors (Lipinski definition) is 6. The van der Waals surface area contributed by atoms with E-state index >= 15 is 0 Å². The molecule has 0 aromatic carbocycles. The first-order valence-corrected chi connectivity index (χ1v) is 17.5. The van der Waals surface area contributed by atoms with Gasteiger partial charge < -0.3 is 31.1 Å². The molecule has 0 aliphatic carbocycles. The number of carbonyl (C=O) groups is 5. The number of nitrogens with zero attached hydrogens (tertiary/aromatic N) is 2. The molecule has 1 aliphatic rings. The molecule has 1 aliphatic heterocycles. The Balaban J connectivity index is 3.09. The highest BCUT2D eigenvalue weighted by Crippen LogP contribution is 2.27. The molecular weight excluding hydrogens is 596 g/mol. The molecule has 1 saturated heterocycles. The van der Waals surface area contributed by atoms with Gasteiger partial charge in [0.15, 0.2) is 0 Å². The average Bonchev–Trinajstić information content (AvgIpc) is 3.48. The summed E-state index contributed by atoms with van der Waals surface area (Å²) in [6.45, 7) is 26.2. The van der Waals surface area contributed by atoms with E-state index in [2.05, 4.69) is 81.3 Å². The zero-order valence-corrected chi connectivity index (χ0v) is 31.3. The molecule has 0 aromatic heterocycles. The van der Waals surface area contributed by atoms with Crippen molar-refractivity contribution in [1.82, 2.24) is 31.1 Å². The molecule has 1 fully saturated rings. The van der Waals surface area contributed by atoms with E-state index in [-0.39, 0.29) is 29.3 Å². The summed E-state index contributed by atoms with van der Waals surface area (Å²) >= 11 is 0. The summed E-state index contributed by atoms with van der Waals surface area (Å²) in [6.07, 6.45) is 6.39. The van der Waals surface area contributed by atoms with Crippen LogP contribution in [0, 0.1) is 16.2 Å². The van der Waals surface area contributed by atoms with E-state index in [0.717, 1.165) is 25.8 Å². The first-order valence-electron chi connectivity index (χ1n) is 17.5. The van der Waals surface area contributed by atoms with Gasteiger partial charge in [0.05, 0.1) is 6.04 Å². The number of urea groups is 1. The third-order valence-electron chi connectivity index (χ3n) is 9.31. The zero-order valence-electron chi connectivity index (χ0n) is 31.3. The number of rotatable bonds is 18. The summed E-state index contributed by atoms with van der Waals surface area (Å²) < 4.78 is 0. The Morgan fingerprint density at radius 3 is 2.13 bits per heavy atom. The molecule has 0 radical (unpaired) electrons. The van der Waals surface area contributed by atoms with Gasteiger partial charge in [-0.1, -0.05) is 94.6 Å². The van der Waals surface area contributed by atoms with Gasteiger partial charge in [0.25, 0.3) is 5.91 Å². The zero-order chi connectivity index (χ0) is 36.2. The first-order chi connectivity index (χ1) is 21.7. The van der Waals surface area contributed by atoms with E-state index in [4.69, 9.17) is 0 Å². The van der Waals surface area contributed by atoms with E-state index in [1.807, 2.05) is 27.7 Å². The molecule has 270 valence electrons. The minimum atomic E-state index is -0.993. The third kappa shape index (κ3) is 14.0. The average molecular weight is 663 g/mol. The van der Waals surface area contributed by atoms with Gasteiger partial charge in [-0.05, 0) is 55.5 Å². The van der Waals surface area contributed by atoms with Crippen LogP contribution >= 0.6 is 0 Å². The fourth-order valence-corrected chi connectivity index (χ4v) is 5.41. The normalized spacial score (nSPS) is 17.4. The number of amides is 5. The summed E-state index contributed by atoms with van der Waals surface area (Å²) in [5, 5.41) is 11.3. The molecular formula is C36H66N6O5. The van der Waals surface area contributed by atoms with Crippen LogP contribution in [0.2, 0.25) is 0 Å². The fourth-order valence-electron chi connectivity index (χ4n) is 5.41. The third-order valence-corrected chi connectivity index (χ3v) is 9.31. The molecule has 0 bridgehead atoms. The Kier molecular flexibility index (Phi) is 16.6. The Morgan fingerprint density at radius 1 is 0.957 bits per heavy atom. The number of Topliss-reactive ketones (excluding diaryl/α,β-unsaturated/α-hetero) is 1. The van der Waals surface area contributed by atoms with Crippen LogP contribution < -0.4 is 21.3 Å². The molecule has 47 heavy (non-hydrogen) atoms. The van der Waals surface area contributed by atoms with Gasteiger partial charge in [0.1, 0.15) is 12.1 Å². The van der Waals surface area contributed by atoms with Gasteiger partial charge in [-0.25, -0.2) is 4.79 Å². The lowest BCUT2D eigenvalue weighted by Crippen LogP contribution is -2.61. The second-order valence-corrected chi connectivity index (χ2v) is 16.1. The number of ketones is 1. The van der Waals surface area contributed by atoms with Crippen molar-refractivity contribution in [2.45, 2.75) is 138 Å². The van der Waals surface area contributed by atoms with Gasteiger partial charge >= 0.3 is 6.03 Å². The summed E-state index contributed by atoms with van der Waals surface area (Å²) in [4.78, 5) is 70.2. The molecule has 0 saturated carbocycles. The standard InChI is InChI=1S/C36H66N6O5/c1-13-16-18-25(28(43)31(45)37-21-14-2)38-30(44)26-19-17-22-42(26)32(46)29(35(7,8)9)40-33(47)39-27(34(4,5)6)24-41(12)23-20-36(10,11)15-3/h14,25-27,29H,2,13,15-24H2,1,3-12H3,(H,37,45)(H,38,44)(H2,39,40,47). The van der Waals surface area contributed by atoms with E-state index in [1.54, 1.807) is 0 Å². The van der Waals surface area contributed by atoms with Gasteiger partial charge in [0, 0.05) is 25.7 Å². The highest BCUT2D eigenvalue weighted by Gasteiger charge is 2.43. The molecule has 4 atom stereocenters. The molecule has 5 amide bonds. The summed E-state index contributed by atoms with van der Waals surface area (Å²) in [7, 11) is 2.07. The number of likely N-dealkylation sites (tertiary alicyclic amines) is 1. The van der Waals surface area contributed by atoms with E-state index in [1.165, 1.54) is 11.0 Å². The van der Waals surface area contributed by atoms with E-state index < -0.39 is 47.2 Å². The molecule has 4 N–H and O–H groups in total. The van der Waals surface area contributed by atoms with Crippen molar-refractivity contribution in [3.63, 3.8) is 0 Å². The highest BCUT2D eigenvalue weighted by atomic mass is 16.2. The Hall–Kier alpha value is -2.95. The lowest BCUT2D eigenvalue weighted by molar-refractivity contribution is -0.143. The number of nitrogens with one attached hydrogen (secondary N) is 4. The predicted molar refractivity (Wildman–Crippen MR) is 189 cm³/mol. The van der Waals surface area contributed by atoms with Crippen molar-refractivity contribution in [2.24, 2.45) is 16.2 Å². The van der Waals surface area contributed by atoms with Gasteiger partial charge in [0.2, 0.25) is 17.6 Å². The smallest absolute Gasteiger partial charge is 0.315 e. The van der Waals surface area contributed by atoms with Crippen molar-refractivity contribution >= 4 is 29.5 Å². The number of hydrogen-bond donors (Lipinski definition) is 4. The lowest BCUT2D eigenvalue weighted by Gasteiger charge is -2.38. The van der Waals surface area contributed by atoms with E-state index in [0.29, 0.717) is 38.8 Å². The van der Waals surface area contributed by atoms with Crippen molar-refractivity contribution in [2.75, 3.05) is 33.2 Å². The molecule has 0 spiro atoms. The topological polar surface area (TPSA) is 140 Å². The van der Waals surface area contributed by atoms with Crippen molar-refractivity contribution in [1.29, 1.82) is 0 Å². The van der Waals surface area contributed by atoms with Crippen LogP contribution in [0.15, 0.2) is 12.7 Å². The minimum Gasteiger partial charge on any atom is -0.346 e. The molecule has 4 unspecified atom stereocenters. The summed E-state index contributed by atoms with van der Waals surface area (Å²) in [6, 6.07) is -3.32. The van der Waals surface area contributed by atoms with Crippen molar-refractivity contribution in [3.8, 4) is 0 Å². The van der Waals surface area contributed by atoms with E-state index in [9.17, 15) is 24.0 Å². The van der Waals surface area contributed by atoms with Gasteiger partial charge in [-0.15, -0.1) is 6.58 Å². The molecule has 1 rings (SSSR count). The van der Waals surface area contributed by atoms with Crippen LogP contribution in [0.4, 0.5) is 4.79 Å². The second-order valence-electron chi connectivity index (χ2n) is 16.1. The van der Waals surface area contributed by atoms with Crippen molar-refractivity contribution < 1.29 is 24.0 Å². The second kappa shape index (κ2) is 18.6. The molecule has 0 aromatic rings. The predicted octanol–water partition coefficient (Wildman–Crippen LogP) is 4.41. The van der Waals surface area contributed by atoms with Crippen LogP contribution in [0.5, 0.6) is 0 Å². The summed E-state index contributed by atoms with van der Waals surface area (Å²) in [5.74, 6) is -2.32. The minimum absolute atomic E-state index is 0.142. The first kappa shape index (κ1) is 42.1. The van der Waals surface area contributed by atoms with Crippen molar-refractivity contribution in [3.05, 3.63) is 12.7 Å². The monoisotopic (exact) mass is 663 g/mol. The van der Waals surface area contributed by atoms with Crippen LogP contribution in [0.1, 0.15) is 114 Å². The van der Waals surface area contributed by atoms with Crippen LogP contribution in [-0.4, -0.2) is 96.7 Å².